The van der Waals surface area contributed by atoms with Gasteiger partial charge in [-0.2, -0.15) is 0 Å². The number of nitrogens with one attached hydrogen (secondary N) is 1. The van der Waals surface area contributed by atoms with E-state index in [1.54, 1.807) is 28.9 Å². The van der Waals surface area contributed by atoms with Crippen LogP contribution in [0.2, 0.25) is 0 Å². The molecule has 3 aromatic rings. The van der Waals surface area contributed by atoms with Gasteiger partial charge < -0.3 is 9.73 Å². The molecule has 1 amide bonds. The van der Waals surface area contributed by atoms with Crippen LogP contribution in [0.1, 0.15) is 30.4 Å². The monoisotopic (exact) mass is 342 g/mol. The van der Waals surface area contributed by atoms with E-state index in [1.807, 2.05) is 13.8 Å². The standard InChI is InChI=1S/C15H14N6O4/c1-9(2)20-14(17-18-19-20)10-5-3-4-6-11(10)16-15(22)12-7-8-13(25-12)21(23)24/h3-9H,1-2H3,(H,16,22). The maximum Gasteiger partial charge on any atom is 0.433 e. The van der Waals surface area contributed by atoms with Crippen LogP contribution in [0.5, 0.6) is 0 Å². The van der Waals surface area contributed by atoms with Gasteiger partial charge in [-0.05, 0) is 42.5 Å². The molecule has 0 bridgehead atoms. The van der Waals surface area contributed by atoms with E-state index in [0.717, 1.165) is 6.07 Å². The Kier molecular flexibility index (Phi) is 4.25. The van der Waals surface area contributed by atoms with Crippen LogP contribution in [0.3, 0.4) is 0 Å². The lowest BCUT2D eigenvalue weighted by molar-refractivity contribution is -0.402. The maximum absolute atomic E-state index is 12.3. The van der Waals surface area contributed by atoms with Crippen LogP contribution in [-0.2, 0) is 0 Å². The number of para-hydroxylation sites is 1. The molecule has 0 unspecified atom stereocenters. The van der Waals surface area contributed by atoms with Crippen molar-refractivity contribution in [2.75, 3.05) is 5.32 Å². The van der Waals surface area contributed by atoms with Crippen molar-refractivity contribution in [3.8, 4) is 11.4 Å². The zero-order valence-corrected chi connectivity index (χ0v) is 13.4. The van der Waals surface area contributed by atoms with E-state index in [0.29, 0.717) is 17.1 Å². The van der Waals surface area contributed by atoms with E-state index < -0.39 is 16.7 Å². The van der Waals surface area contributed by atoms with Gasteiger partial charge >= 0.3 is 5.88 Å². The van der Waals surface area contributed by atoms with Crippen molar-refractivity contribution in [2.24, 2.45) is 0 Å². The van der Waals surface area contributed by atoms with Gasteiger partial charge in [0, 0.05) is 5.56 Å². The number of nitrogens with zero attached hydrogens (tertiary/aromatic N) is 5. The van der Waals surface area contributed by atoms with Crippen LogP contribution < -0.4 is 5.32 Å². The highest BCUT2D eigenvalue weighted by Gasteiger charge is 2.20. The minimum absolute atomic E-state index is 0.0291. The van der Waals surface area contributed by atoms with Crippen molar-refractivity contribution >= 4 is 17.5 Å². The zero-order chi connectivity index (χ0) is 18.0. The predicted octanol–water partition coefficient (Wildman–Crippen LogP) is 2.67. The summed E-state index contributed by atoms with van der Waals surface area (Å²) >= 11 is 0. The molecular weight excluding hydrogens is 328 g/mol. The SMILES string of the molecule is CC(C)n1nnnc1-c1ccccc1NC(=O)c1ccc([N+](=O)[O-])o1. The van der Waals surface area contributed by atoms with Crippen LogP contribution in [0, 0.1) is 10.1 Å². The average Bonchev–Trinajstić information content (AvgIpc) is 3.25. The number of carbonyl (C=O) groups is 1. The third kappa shape index (κ3) is 3.22. The van der Waals surface area contributed by atoms with Crippen molar-refractivity contribution in [1.29, 1.82) is 0 Å². The Morgan fingerprint density at radius 1 is 1.28 bits per heavy atom. The maximum atomic E-state index is 12.3. The summed E-state index contributed by atoms with van der Waals surface area (Å²) in [5.74, 6) is -0.771. The highest BCUT2D eigenvalue weighted by Crippen LogP contribution is 2.28. The summed E-state index contributed by atoms with van der Waals surface area (Å²) in [6, 6.07) is 9.39. The second-order valence-electron chi connectivity index (χ2n) is 5.44. The molecule has 0 fully saturated rings. The third-order valence-electron chi connectivity index (χ3n) is 3.39. The van der Waals surface area contributed by atoms with Gasteiger partial charge in [0.1, 0.15) is 4.92 Å². The van der Waals surface area contributed by atoms with Gasteiger partial charge in [0.25, 0.3) is 5.91 Å². The summed E-state index contributed by atoms with van der Waals surface area (Å²) in [7, 11) is 0. The summed E-state index contributed by atoms with van der Waals surface area (Å²) in [4.78, 5) is 22.3. The van der Waals surface area contributed by atoms with E-state index in [4.69, 9.17) is 4.42 Å². The Labute approximate surface area is 141 Å². The summed E-state index contributed by atoms with van der Waals surface area (Å²) in [6.45, 7) is 3.87. The first-order valence-electron chi connectivity index (χ1n) is 7.40. The molecule has 10 nitrogen and oxygen atoms in total. The minimum Gasteiger partial charge on any atom is -0.395 e. The van der Waals surface area contributed by atoms with E-state index in [9.17, 15) is 14.9 Å². The summed E-state index contributed by atoms with van der Waals surface area (Å²) in [5.41, 5.74) is 1.08. The Bertz CT molecular complexity index is 930. The Morgan fingerprint density at radius 2 is 2.04 bits per heavy atom. The van der Waals surface area contributed by atoms with Gasteiger partial charge in [0.15, 0.2) is 11.6 Å². The van der Waals surface area contributed by atoms with Crippen LogP contribution in [0.25, 0.3) is 11.4 Å². The summed E-state index contributed by atoms with van der Waals surface area (Å²) in [6.07, 6.45) is 0. The van der Waals surface area contributed by atoms with Gasteiger partial charge in [-0.3, -0.25) is 14.9 Å². The number of benzene rings is 1. The van der Waals surface area contributed by atoms with Crippen LogP contribution in [0.4, 0.5) is 11.6 Å². The topological polar surface area (TPSA) is 129 Å². The average molecular weight is 342 g/mol. The number of tetrazole rings is 1. The van der Waals surface area contributed by atoms with E-state index >= 15 is 0 Å². The van der Waals surface area contributed by atoms with Crippen LogP contribution in [-0.4, -0.2) is 31.0 Å². The number of hydrogen-bond donors (Lipinski definition) is 1. The normalized spacial score (nSPS) is 10.8. The molecule has 3 rings (SSSR count). The fourth-order valence-electron chi connectivity index (χ4n) is 2.24. The predicted molar refractivity (Wildman–Crippen MR) is 87.0 cm³/mol. The van der Waals surface area contributed by atoms with E-state index in [1.165, 1.54) is 6.07 Å². The molecule has 0 saturated heterocycles. The highest BCUT2D eigenvalue weighted by molar-refractivity contribution is 6.04. The fraction of sp³-hybridized carbons (Fsp3) is 0.200. The Hall–Kier alpha value is -3.56. The molecule has 25 heavy (non-hydrogen) atoms. The number of aromatic nitrogens is 4. The largest absolute Gasteiger partial charge is 0.433 e. The van der Waals surface area contributed by atoms with Crippen LogP contribution in [0.15, 0.2) is 40.8 Å². The lowest BCUT2D eigenvalue weighted by Crippen LogP contribution is -2.13. The van der Waals surface area contributed by atoms with Crippen LogP contribution >= 0.6 is 0 Å². The first kappa shape index (κ1) is 16.3. The molecule has 0 spiro atoms. The first-order valence-corrected chi connectivity index (χ1v) is 7.40. The molecule has 2 heterocycles. The number of furan rings is 1. The van der Waals surface area contributed by atoms with Crippen molar-refractivity contribution in [2.45, 2.75) is 19.9 Å². The van der Waals surface area contributed by atoms with Crippen molar-refractivity contribution < 1.29 is 14.1 Å². The number of nitro groups is 1. The van der Waals surface area contributed by atoms with E-state index in [-0.39, 0.29) is 11.8 Å². The lowest BCUT2D eigenvalue weighted by atomic mass is 10.1. The molecule has 1 N–H and O–H groups in total. The van der Waals surface area contributed by atoms with Gasteiger partial charge in [-0.25, -0.2) is 4.68 Å². The second kappa shape index (κ2) is 6.51. The van der Waals surface area contributed by atoms with Crippen molar-refractivity contribution in [3.63, 3.8) is 0 Å². The molecule has 128 valence electrons. The second-order valence-corrected chi connectivity index (χ2v) is 5.44. The summed E-state index contributed by atoms with van der Waals surface area (Å²) in [5, 5.41) is 25.0. The number of hydrogen-bond acceptors (Lipinski definition) is 7. The molecule has 0 aliphatic rings. The molecule has 0 atom stereocenters. The van der Waals surface area contributed by atoms with Gasteiger partial charge in [0.2, 0.25) is 0 Å². The smallest absolute Gasteiger partial charge is 0.395 e. The number of carbonyl (C=O) groups excluding carboxylic acids is 1. The number of anilines is 1. The van der Waals surface area contributed by atoms with Gasteiger partial charge in [-0.1, -0.05) is 12.1 Å². The molecule has 2 aromatic heterocycles. The molecule has 0 aliphatic heterocycles. The number of rotatable bonds is 5. The molecule has 0 radical (unpaired) electrons. The minimum atomic E-state index is -0.707. The van der Waals surface area contributed by atoms with Gasteiger partial charge in [0.05, 0.1) is 17.8 Å². The lowest BCUT2D eigenvalue weighted by Gasteiger charge is -2.12. The van der Waals surface area contributed by atoms with Gasteiger partial charge in [-0.15, -0.1) is 5.10 Å². The summed E-state index contributed by atoms with van der Waals surface area (Å²) < 4.78 is 6.54. The molecule has 1 aromatic carbocycles. The first-order chi connectivity index (χ1) is 12.0. The quantitative estimate of drug-likeness (QED) is 0.557. The van der Waals surface area contributed by atoms with Crippen molar-refractivity contribution in [1.82, 2.24) is 20.2 Å². The zero-order valence-electron chi connectivity index (χ0n) is 13.4. The molecule has 0 saturated carbocycles. The molecular formula is C15H14N6O4. The van der Waals surface area contributed by atoms with E-state index in [2.05, 4.69) is 20.8 Å². The Balaban J connectivity index is 1.92. The third-order valence-corrected chi connectivity index (χ3v) is 3.39. The highest BCUT2D eigenvalue weighted by atomic mass is 16.6. The fourth-order valence-corrected chi connectivity index (χ4v) is 2.24. The Morgan fingerprint density at radius 3 is 2.72 bits per heavy atom. The molecule has 0 aliphatic carbocycles. The van der Waals surface area contributed by atoms with Crippen molar-refractivity contribution in [3.05, 3.63) is 52.3 Å². The molecule has 10 heteroatoms. The number of amides is 1.